The van der Waals surface area contributed by atoms with Crippen molar-refractivity contribution in [3.05, 3.63) is 106 Å². The number of para-hydroxylation sites is 2. The summed E-state index contributed by atoms with van der Waals surface area (Å²) in [6.07, 6.45) is 6.80. The summed E-state index contributed by atoms with van der Waals surface area (Å²) in [5.74, 6) is 0.979. The Morgan fingerprint density at radius 3 is 1.42 bits per heavy atom. The molecule has 0 bridgehead atoms. The third-order valence-corrected chi connectivity index (χ3v) is 8.16. The molecule has 4 aliphatic heterocycles. The third-order valence-electron chi connectivity index (χ3n) is 8.16. The fourth-order valence-corrected chi connectivity index (χ4v) is 5.57. The highest BCUT2D eigenvalue weighted by atomic mass is 16.3. The molecule has 2 aromatic carbocycles. The summed E-state index contributed by atoms with van der Waals surface area (Å²) in [5.41, 5.74) is 4.60. The predicted octanol–water partition coefficient (Wildman–Crippen LogP) is 2.07. The van der Waals surface area contributed by atoms with E-state index in [9.17, 15) is 9.59 Å². The molecule has 0 saturated heterocycles. The first-order valence-electron chi connectivity index (χ1n) is 15.7. The van der Waals surface area contributed by atoms with Crippen molar-refractivity contribution in [2.24, 2.45) is 0 Å². The molecule has 8 rings (SSSR count). The molecule has 0 unspecified atom stereocenters. The Morgan fingerprint density at radius 1 is 0.640 bits per heavy atom. The minimum atomic E-state index is -0.247. The SMILES string of the molecule is CN(CCO)c1ncc2c3n[nH]c(=O)c-3cn(-c3ccccc3)c2n1.CN(CCO)c1ncc2c3n[nH]c(=O)c-3cn(-c3ccccc3)c2n1. The van der Waals surface area contributed by atoms with Crippen LogP contribution in [0, 0.1) is 0 Å². The van der Waals surface area contributed by atoms with Gasteiger partial charge in [0, 0.05) is 63.3 Å². The molecule has 0 radical (unpaired) electrons. The van der Waals surface area contributed by atoms with Crippen LogP contribution >= 0.6 is 0 Å². The Bertz CT molecular complexity index is 2280. The smallest absolute Gasteiger partial charge is 0.275 e. The molecule has 4 aliphatic rings. The molecule has 0 atom stereocenters. The van der Waals surface area contributed by atoms with E-state index in [2.05, 4.69) is 40.3 Å². The lowest BCUT2D eigenvalue weighted by molar-refractivity contribution is 0.303. The standard InChI is InChI=1S/2C17H16N6O2/c2*1-22(7-8-24)17-18-9-12-14-13(16(25)21-20-14)10-23(15(12)19-17)11-5-3-2-4-6-11/h2*2-6,9-10,24H,7-8H2,1H3,(H,21,25). The van der Waals surface area contributed by atoms with Gasteiger partial charge in [0.15, 0.2) is 11.3 Å². The maximum Gasteiger partial charge on any atom is 0.275 e. The lowest BCUT2D eigenvalue weighted by Gasteiger charge is -2.18. The summed E-state index contributed by atoms with van der Waals surface area (Å²) >= 11 is 0. The average molecular weight is 673 g/mol. The number of hydrogen-bond acceptors (Lipinski definition) is 12. The summed E-state index contributed by atoms with van der Waals surface area (Å²) < 4.78 is 3.71. The Balaban J connectivity index is 0.000000157. The maximum absolute atomic E-state index is 12.1. The fourth-order valence-electron chi connectivity index (χ4n) is 5.57. The molecule has 2 aromatic heterocycles. The zero-order chi connectivity index (χ0) is 34.8. The molecule has 0 saturated carbocycles. The van der Waals surface area contributed by atoms with Gasteiger partial charge in [-0.2, -0.15) is 20.2 Å². The molecule has 16 nitrogen and oxygen atoms in total. The van der Waals surface area contributed by atoms with Crippen LogP contribution in [0.3, 0.4) is 0 Å². The van der Waals surface area contributed by atoms with Crippen LogP contribution in [0.15, 0.2) is 95.0 Å². The molecule has 4 N–H and O–H groups in total. The lowest BCUT2D eigenvalue weighted by Crippen LogP contribution is -2.23. The second-order valence-electron chi connectivity index (χ2n) is 11.4. The minimum Gasteiger partial charge on any atom is -0.395 e. The van der Waals surface area contributed by atoms with E-state index in [1.807, 2.05) is 83.9 Å². The van der Waals surface area contributed by atoms with Gasteiger partial charge in [-0.05, 0) is 24.3 Å². The first-order valence-corrected chi connectivity index (χ1v) is 15.7. The van der Waals surface area contributed by atoms with Crippen LogP contribution in [0.25, 0.3) is 56.0 Å². The molecule has 0 fully saturated rings. The Morgan fingerprint density at radius 2 is 1.04 bits per heavy atom. The van der Waals surface area contributed by atoms with Crippen LogP contribution in [0.2, 0.25) is 0 Å². The average Bonchev–Trinajstić information content (AvgIpc) is 3.73. The number of nitrogens with one attached hydrogen (secondary N) is 2. The van der Waals surface area contributed by atoms with Crippen molar-refractivity contribution in [2.75, 3.05) is 50.2 Å². The van der Waals surface area contributed by atoms with Crippen molar-refractivity contribution in [1.82, 2.24) is 49.5 Å². The quantitative estimate of drug-likeness (QED) is 0.184. The number of rotatable bonds is 8. The van der Waals surface area contributed by atoms with Crippen molar-refractivity contribution in [1.29, 1.82) is 0 Å². The van der Waals surface area contributed by atoms with E-state index in [1.54, 1.807) is 34.6 Å². The number of benzene rings is 2. The van der Waals surface area contributed by atoms with E-state index in [0.717, 1.165) is 11.4 Å². The number of pyridine rings is 2. The molecule has 0 amide bonds. The largest absolute Gasteiger partial charge is 0.395 e. The number of aromatic amines is 2. The molecular weight excluding hydrogens is 640 g/mol. The minimum absolute atomic E-state index is 0.00846. The van der Waals surface area contributed by atoms with Crippen LogP contribution in [0.4, 0.5) is 11.9 Å². The van der Waals surface area contributed by atoms with Crippen molar-refractivity contribution < 1.29 is 10.2 Å². The third kappa shape index (κ3) is 5.88. The first kappa shape index (κ1) is 32.0. The summed E-state index contributed by atoms with van der Waals surface area (Å²) in [6.45, 7) is 0.863. The maximum atomic E-state index is 12.1. The Hall–Kier alpha value is -6.52. The van der Waals surface area contributed by atoms with E-state index in [4.69, 9.17) is 10.2 Å². The summed E-state index contributed by atoms with van der Waals surface area (Å²) in [5, 5.41) is 32.8. The Kier molecular flexibility index (Phi) is 8.68. The van der Waals surface area contributed by atoms with Crippen molar-refractivity contribution >= 4 is 34.0 Å². The van der Waals surface area contributed by atoms with Gasteiger partial charge in [-0.15, -0.1) is 0 Å². The van der Waals surface area contributed by atoms with Gasteiger partial charge in [0.05, 0.1) is 35.1 Å². The van der Waals surface area contributed by atoms with Crippen molar-refractivity contribution in [3.8, 4) is 33.9 Å². The van der Waals surface area contributed by atoms with E-state index in [-0.39, 0.29) is 24.3 Å². The lowest BCUT2D eigenvalue weighted by atomic mass is 10.1. The molecule has 252 valence electrons. The number of nitrogens with zero attached hydrogens (tertiary/aromatic N) is 10. The van der Waals surface area contributed by atoms with Crippen LogP contribution < -0.4 is 20.9 Å². The fraction of sp³-hybridized carbons (Fsp3) is 0.176. The summed E-state index contributed by atoms with van der Waals surface area (Å²) in [6, 6.07) is 19.3. The molecular formula is C34H32N12O4. The molecule has 4 aromatic rings. The van der Waals surface area contributed by atoms with E-state index in [0.29, 0.717) is 69.6 Å². The van der Waals surface area contributed by atoms with E-state index >= 15 is 0 Å². The highest BCUT2D eigenvalue weighted by molar-refractivity contribution is 5.93. The number of anilines is 2. The number of hydrogen-bond donors (Lipinski definition) is 4. The van der Waals surface area contributed by atoms with Gasteiger partial charge in [0.25, 0.3) is 11.1 Å². The van der Waals surface area contributed by atoms with Crippen molar-refractivity contribution in [3.63, 3.8) is 0 Å². The van der Waals surface area contributed by atoms with Crippen LogP contribution in [0.5, 0.6) is 0 Å². The Labute approximate surface area is 283 Å². The monoisotopic (exact) mass is 672 g/mol. The second kappa shape index (κ2) is 13.5. The van der Waals surface area contributed by atoms with E-state index in [1.165, 1.54) is 0 Å². The predicted molar refractivity (Wildman–Crippen MR) is 189 cm³/mol. The first-order chi connectivity index (χ1) is 24.4. The molecule has 6 heterocycles. The van der Waals surface area contributed by atoms with Crippen LogP contribution in [-0.4, -0.2) is 100 Å². The summed E-state index contributed by atoms with van der Waals surface area (Å²) in [7, 11) is 3.63. The summed E-state index contributed by atoms with van der Waals surface area (Å²) in [4.78, 5) is 45.6. The number of likely N-dealkylation sites (N-methyl/N-ethyl adjacent to an activating group) is 2. The number of H-pyrrole nitrogens is 2. The number of aliphatic hydroxyl groups is 2. The zero-order valence-electron chi connectivity index (χ0n) is 27.1. The molecule has 0 aliphatic carbocycles. The van der Waals surface area contributed by atoms with Crippen LogP contribution in [0.1, 0.15) is 0 Å². The van der Waals surface area contributed by atoms with Gasteiger partial charge in [-0.25, -0.2) is 20.2 Å². The second-order valence-corrected chi connectivity index (χ2v) is 11.4. The highest BCUT2D eigenvalue weighted by Crippen LogP contribution is 2.30. The zero-order valence-corrected chi connectivity index (χ0v) is 27.1. The van der Waals surface area contributed by atoms with Crippen molar-refractivity contribution in [2.45, 2.75) is 0 Å². The van der Waals surface area contributed by atoms with Gasteiger partial charge in [-0.3, -0.25) is 9.59 Å². The van der Waals surface area contributed by atoms with E-state index < -0.39 is 0 Å². The topological polar surface area (TPSA) is 200 Å². The number of fused-ring (bicyclic) bond motifs is 6. The van der Waals surface area contributed by atoms with Gasteiger partial charge >= 0.3 is 0 Å². The normalized spacial score (nSPS) is 11.3. The number of aliphatic hydroxyl groups excluding tert-OH is 2. The number of aromatic nitrogens is 10. The van der Waals surface area contributed by atoms with Gasteiger partial charge in [0.2, 0.25) is 11.9 Å². The van der Waals surface area contributed by atoms with Gasteiger partial charge in [-0.1, -0.05) is 36.4 Å². The molecule has 0 spiro atoms. The van der Waals surface area contributed by atoms with Crippen LogP contribution in [-0.2, 0) is 0 Å². The molecule has 16 heteroatoms. The highest BCUT2D eigenvalue weighted by Gasteiger charge is 2.21. The molecule has 50 heavy (non-hydrogen) atoms. The van der Waals surface area contributed by atoms with Gasteiger partial charge in [0.1, 0.15) is 11.4 Å². The van der Waals surface area contributed by atoms with Gasteiger partial charge < -0.3 is 29.1 Å².